The lowest BCUT2D eigenvalue weighted by Gasteiger charge is -2.03. The zero-order valence-electron chi connectivity index (χ0n) is 5.91. The van der Waals surface area contributed by atoms with Crippen LogP contribution in [0, 0.1) is 6.07 Å². The fourth-order valence-corrected chi connectivity index (χ4v) is 0.911. The Labute approximate surface area is 65.1 Å². The highest BCUT2D eigenvalue weighted by Crippen LogP contribution is 2.27. The summed E-state index contributed by atoms with van der Waals surface area (Å²) < 4.78 is 10.5. The molecule has 1 aliphatic heterocycles. The van der Waals surface area contributed by atoms with Crippen LogP contribution in [-0.2, 0) is 0 Å². The number of ether oxygens (including phenoxy) is 2. The van der Waals surface area contributed by atoms with Crippen molar-refractivity contribution in [3.8, 4) is 11.5 Å². The molecule has 11 heavy (non-hydrogen) atoms. The Morgan fingerprint density at radius 2 is 2.36 bits per heavy atom. The van der Waals surface area contributed by atoms with Crippen LogP contribution in [0.15, 0.2) is 30.5 Å². The molecule has 1 heterocycles. The molecule has 0 saturated carbocycles. The van der Waals surface area contributed by atoms with Crippen LogP contribution < -0.4 is 9.47 Å². The molecule has 0 N–H and O–H groups in total. The lowest BCUT2D eigenvalue weighted by Crippen LogP contribution is -1.90. The quantitative estimate of drug-likeness (QED) is 0.556. The Bertz CT molecular complexity index is 279. The van der Waals surface area contributed by atoms with Crippen molar-refractivity contribution in [1.29, 1.82) is 0 Å². The normalized spacial score (nSPS) is 14.2. The number of hydrogen-bond acceptors (Lipinski definition) is 2. The average Bonchev–Trinajstić information content (AvgIpc) is 2.28. The predicted molar refractivity (Wildman–Crippen MR) is 40.5 cm³/mol. The molecule has 1 aromatic rings. The van der Waals surface area contributed by atoms with Crippen LogP contribution in [0.2, 0.25) is 0 Å². The molecule has 55 valence electrons. The van der Waals surface area contributed by atoms with Crippen molar-refractivity contribution in [2.24, 2.45) is 0 Å². The number of fused-ring (bicyclic) bond motifs is 1. The van der Waals surface area contributed by atoms with Gasteiger partial charge in [0, 0.05) is 0 Å². The van der Waals surface area contributed by atoms with E-state index in [2.05, 4.69) is 6.07 Å². The molecule has 1 aliphatic rings. The van der Waals surface area contributed by atoms with E-state index < -0.39 is 0 Å². The minimum Gasteiger partial charge on any atom is -0.485 e. The Morgan fingerprint density at radius 1 is 1.36 bits per heavy atom. The zero-order valence-corrected chi connectivity index (χ0v) is 5.91. The van der Waals surface area contributed by atoms with Crippen LogP contribution in [0.25, 0.3) is 0 Å². The topological polar surface area (TPSA) is 18.5 Å². The standard InChI is InChI=1S/C9H7O2/c1-2-5-9-8(4-1)10-6-3-7-11-9/h1,3-5,7H,6H2. The summed E-state index contributed by atoms with van der Waals surface area (Å²) in [5.74, 6) is 1.50. The summed E-state index contributed by atoms with van der Waals surface area (Å²) in [5, 5.41) is 0. The molecule has 0 spiro atoms. The van der Waals surface area contributed by atoms with Gasteiger partial charge in [0.15, 0.2) is 11.5 Å². The summed E-state index contributed by atoms with van der Waals surface area (Å²) in [7, 11) is 0. The van der Waals surface area contributed by atoms with E-state index in [0.29, 0.717) is 6.61 Å². The van der Waals surface area contributed by atoms with Crippen LogP contribution in [0.1, 0.15) is 0 Å². The molecule has 2 heteroatoms. The maximum Gasteiger partial charge on any atom is 0.168 e. The largest absolute Gasteiger partial charge is 0.485 e. The van der Waals surface area contributed by atoms with E-state index in [1.54, 1.807) is 18.4 Å². The minimum absolute atomic E-state index is 0.566. The van der Waals surface area contributed by atoms with Crippen molar-refractivity contribution in [2.45, 2.75) is 0 Å². The van der Waals surface area contributed by atoms with Crippen molar-refractivity contribution in [3.63, 3.8) is 0 Å². The summed E-state index contributed by atoms with van der Waals surface area (Å²) in [6.45, 7) is 0.566. The number of hydrogen-bond donors (Lipinski definition) is 0. The molecule has 2 rings (SSSR count). The van der Waals surface area contributed by atoms with Gasteiger partial charge in [-0.2, -0.15) is 0 Å². The molecule has 0 saturated heterocycles. The van der Waals surface area contributed by atoms with Gasteiger partial charge in [0.1, 0.15) is 6.61 Å². The van der Waals surface area contributed by atoms with Gasteiger partial charge in [-0.25, -0.2) is 0 Å². The minimum atomic E-state index is 0.566. The monoisotopic (exact) mass is 147 g/mol. The first-order valence-electron chi connectivity index (χ1n) is 3.41. The fraction of sp³-hybridized carbons (Fsp3) is 0.111. The van der Waals surface area contributed by atoms with E-state index in [0.717, 1.165) is 11.5 Å². The highest BCUT2D eigenvalue weighted by atomic mass is 16.5. The van der Waals surface area contributed by atoms with Crippen LogP contribution >= 0.6 is 0 Å². The van der Waals surface area contributed by atoms with E-state index in [1.807, 2.05) is 12.1 Å². The second-order valence-corrected chi connectivity index (χ2v) is 2.17. The first-order chi connectivity index (χ1) is 5.47. The van der Waals surface area contributed by atoms with Gasteiger partial charge in [0.05, 0.1) is 6.26 Å². The second-order valence-electron chi connectivity index (χ2n) is 2.17. The number of benzene rings is 1. The number of rotatable bonds is 0. The molecule has 2 nitrogen and oxygen atoms in total. The zero-order chi connectivity index (χ0) is 7.52. The average molecular weight is 147 g/mol. The Balaban J connectivity index is 2.40. The molecular weight excluding hydrogens is 140 g/mol. The molecule has 0 aliphatic carbocycles. The highest BCUT2D eigenvalue weighted by Gasteiger charge is 2.03. The molecule has 0 amide bonds. The van der Waals surface area contributed by atoms with E-state index in [4.69, 9.17) is 9.47 Å². The summed E-state index contributed by atoms with van der Waals surface area (Å²) in [5.41, 5.74) is 0. The van der Waals surface area contributed by atoms with Crippen molar-refractivity contribution in [2.75, 3.05) is 6.61 Å². The Kier molecular flexibility index (Phi) is 1.52. The van der Waals surface area contributed by atoms with Gasteiger partial charge in [0.2, 0.25) is 0 Å². The third kappa shape index (κ3) is 1.19. The van der Waals surface area contributed by atoms with Gasteiger partial charge in [-0.3, -0.25) is 0 Å². The molecule has 0 atom stereocenters. The van der Waals surface area contributed by atoms with Gasteiger partial charge >= 0.3 is 0 Å². The molecule has 0 aromatic heterocycles. The van der Waals surface area contributed by atoms with Crippen molar-refractivity contribution >= 4 is 0 Å². The second kappa shape index (κ2) is 2.66. The van der Waals surface area contributed by atoms with Gasteiger partial charge < -0.3 is 9.47 Å². The van der Waals surface area contributed by atoms with Crippen LogP contribution in [0.4, 0.5) is 0 Å². The van der Waals surface area contributed by atoms with E-state index >= 15 is 0 Å². The Morgan fingerprint density at radius 3 is 3.36 bits per heavy atom. The maximum atomic E-state index is 5.32. The third-order valence-corrected chi connectivity index (χ3v) is 1.41. The van der Waals surface area contributed by atoms with Gasteiger partial charge in [-0.05, 0) is 24.3 Å². The van der Waals surface area contributed by atoms with Gasteiger partial charge in [0.25, 0.3) is 0 Å². The lowest BCUT2D eigenvalue weighted by atomic mass is 10.3. The Hall–Kier alpha value is -1.44. The first kappa shape index (κ1) is 6.28. The predicted octanol–water partition coefficient (Wildman–Crippen LogP) is 1.77. The SMILES string of the molecule is [c]1ccc2c(c1)OC=CCO2. The molecular formula is C9H7O2. The van der Waals surface area contributed by atoms with E-state index in [1.165, 1.54) is 0 Å². The first-order valence-corrected chi connectivity index (χ1v) is 3.41. The van der Waals surface area contributed by atoms with Crippen LogP contribution in [0.3, 0.4) is 0 Å². The molecule has 1 aromatic carbocycles. The van der Waals surface area contributed by atoms with Crippen LogP contribution in [0.5, 0.6) is 11.5 Å². The molecule has 0 fully saturated rings. The van der Waals surface area contributed by atoms with Crippen molar-refractivity contribution < 1.29 is 9.47 Å². The smallest absolute Gasteiger partial charge is 0.168 e. The van der Waals surface area contributed by atoms with Gasteiger partial charge in [-0.1, -0.05) is 6.07 Å². The fourth-order valence-electron chi connectivity index (χ4n) is 0.911. The summed E-state index contributed by atoms with van der Waals surface area (Å²) >= 11 is 0. The summed E-state index contributed by atoms with van der Waals surface area (Å²) in [6, 6.07) is 8.30. The van der Waals surface area contributed by atoms with Crippen molar-refractivity contribution in [1.82, 2.24) is 0 Å². The van der Waals surface area contributed by atoms with Gasteiger partial charge in [-0.15, -0.1) is 0 Å². The van der Waals surface area contributed by atoms with Crippen molar-refractivity contribution in [3.05, 3.63) is 36.6 Å². The van der Waals surface area contributed by atoms with E-state index in [-0.39, 0.29) is 0 Å². The third-order valence-electron chi connectivity index (χ3n) is 1.41. The molecule has 0 bridgehead atoms. The van der Waals surface area contributed by atoms with E-state index in [9.17, 15) is 0 Å². The van der Waals surface area contributed by atoms with Crippen LogP contribution in [-0.4, -0.2) is 6.61 Å². The highest BCUT2D eigenvalue weighted by molar-refractivity contribution is 5.40. The summed E-state index contributed by atoms with van der Waals surface area (Å²) in [4.78, 5) is 0. The summed E-state index contributed by atoms with van der Waals surface area (Å²) in [6.07, 6.45) is 3.44. The lowest BCUT2D eigenvalue weighted by molar-refractivity contribution is 0.356. The molecule has 1 radical (unpaired) electrons. The maximum absolute atomic E-state index is 5.32. The molecule has 0 unspecified atom stereocenters.